The first-order valence-electron chi connectivity index (χ1n) is 10.2. The van der Waals surface area contributed by atoms with E-state index in [2.05, 4.69) is 10.1 Å². The second-order valence-electron chi connectivity index (χ2n) is 7.97. The predicted molar refractivity (Wildman–Crippen MR) is 118 cm³/mol. The van der Waals surface area contributed by atoms with Crippen molar-refractivity contribution in [2.75, 3.05) is 4.90 Å². The van der Waals surface area contributed by atoms with Gasteiger partial charge in [-0.25, -0.2) is 4.98 Å². The number of amides is 1. The number of thiazole rings is 1. The average molecular weight is 440 g/mol. The van der Waals surface area contributed by atoms with Gasteiger partial charge in [-0.05, 0) is 63.8 Å². The van der Waals surface area contributed by atoms with E-state index in [0.29, 0.717) is 27.0 Å². The van der Waals surface area contributed by atoms with E-state index in [4.69, 9.17) is 9.26 Å². The topological polar surface area (TPSA) is 85.5 Å². The van der Waals surface area contributed by atoms with Gasteiger partial charge in [-0.1, -0.05) is 22.6 Å². The van der Waals surface area contributed by atoms with Gasteiger partial charge in [0.2, 0.25) is 0 Å². The van der Waals surface area contributed by atoms with Crippen LogP contribution in [0.15, 0.2) is 22.7 Å². The van der Waals surface area contributed by atoms with Crippen molar-refractivity contribution in [3.05, 3.63) is 56.9 Å². The first kappa shape index (κ1) is 21.2. The summed E-state index contributed by atoms with van der Waals surface area (Å²) in [5.41, 5.74) is 3.81. The zero-order valence-electron chi connectivity index (χ0n) is 18.3. The molecule has 1 aromatic carbocycles. The molecule has 0 unspecified atom stereocenters. The highest BCUT2D eigenvalue weighted by Crippen LogP contribution is 2.37. The van der Waals surface area contributed by atoms with Gasteiger partial charge in [-0.2, -0.15) is 0 Å². The number of anilines is 1. The summed E-state index contributed by atoms with van der Waals surface area (Å²) in [4.78, 5) is 32.1. The minimum absolute atomic E-state index is 0.0517. The molecule has 1 aliphatic rings. The summed E-state index contributed by atoms with van der Waals surface area (Å²) in [5.74, 6) is 0.941. The monoisotopic (exact) mass is 439 g/mol. The van der Waals surface area contributed by atoms with Crippen LogP contribution in [0.2, 0.25) is 0 Å². The number of ether oxygens (including phenoxy) is 1. The van der Waals surface area contributed by atoms with Crippen LogP contribution in [0.1, 0.15) is 68.1 Å². The maximum absolute atomic E-state index is 13.5. The maximum Gasteiger partial charge on any atom is 0.282 e. The zero-order valence-corrected chi connectivity index (χ0v) is 19.1. The van der Waals surface area contributed by atoms with E-state index in [0.717, 1.165) is 24.2 Å². The number of nitrogens with zero attached hydrogens (tertiary/aromatic N) is 3. The van der Waals surface area contributed by atoms with Crippen LogP contribution >= 0.6 is 11.3 Å². The number of aryl methyl sites for hydroxylation is 4. The lowest BCUT2D eigenvalue weighted by atomic mass is 10.1. The predicted octanol–water partition coefficient (Wildman–Crippen LogP) is 4.96. The van der Waals surface area contributed by atoms with Crippen molar-refractivity contribution < 1.29 is 18.8 Å². The highest BCUT2D eigenvalue weighted by Gasteiger charge is 2.39. The molecule has 162 valence electrons. The summed E-state index contributed by atoms with van der Waals surface area (Å²) < 4.78 is 11.3. The molecular weight excluding hydrogens is 414 g/mol. The van der Waals surface area contributed by atoms with Gasteiger partial charge in [-0.15, -0.1) is 0 Å². The van der Waals surface area contributed by atoms with Crippen molar-refractivity contribution >= 4 is 28.2 Å². The average Bonchev–Trinajstić information content (AvgIpc) is 3.37. The minimum Gasteiger partial charge on any atom is -0.489 e. The molecule has 31 heavy (non-hydrogen) atoms. The molecule has 2 heterocycles. The Hall–Kier alpha value is -3.00. The fourth-order valence-electron chi connectivity index (χ4n) is 3.36. The Morgan fingerprint density at radius 2 is 1.94 bits per heavy atom. The fourth-order valence-corrected chi connectivity index (χ4v) is 4.39. The molecular formula is C23H25N3O4S. The highest BCUT2D eigenvalue weighted by molar-refractivity contribution is 7.17. The number of carbonyl (C=O) groups is 2. The van der Waals surface area contributed by atoms with Crippen LogP contribution in [0.3, 0.4) is 0 Å². The van der Waals surface area contributed by atoms with E-state index >= 15 is 0 Å². The lowest BCUT2D eigenvalue weighted by Gasteiger charge is -2.18. The van der Waals surface area contributed by atoms with Gasteiger partial charge in [0.1, 0.15) is 18.1 Å². The number of aromatic nitrogens is 2. The van der Waals surface area contributed by atoms with E-state index < -0.39 is 0 Å². The van der Waals surface area contributed by atoms with Crippen molar-refractivity contribution in [3.8, 4) is 5.75 Å². The van der Waals surface area contributed by atoms with Crippen LogP contribution in [-0.4, -0.2) is 27.9 Å². The Kier molecular flexibility index (Phi) is 5.66. The third kappa shape index (κ3) is 4.25. The maximum atomic E-state index is 13.5. The molecule has 1 aliphatic carbocycles. The first-order chi connectivity index (χ1) is 14.8. The molecule has 0 spiro atoms. The SMILES string of the molecule is CC(=O)c1sc(N(C(=O)c2noc(C)c2COc2ccc(C)c(C)c2)C2CC2)nc1C. The molecule has 0 aliphatic heterocycles. The molecule has 0 atom stereocenters. The van der Waals surface area contributed by atoms with Crippen LogP contribution in [0.4, 0.5) is 5.13 Å². The third-order valence-electron chi connectivity index (χ3n) is 5.49. The number of hydrogen-bond donors (Lipinski definition) is 0. The van der Waals surface area contributed by atoms with Crippen LogP contribution in [0, 0.1) is 27.7 Å². The van der Waals surface area contributed by atoms with Gasteiger partial charge in [-0.3, -0.25) is 14.5 Å². The second kappa shape index (κ2) is 8.26. The summed E-state index contributed by atoms with van der Waals surface area (Å²) >= 11 is 1.25. The number of hydrogen-bond acceptors (Lipinski definition) is 7. The van der Waals surface area contributed by atoms with E-state index in [-0.39, 0.29) is 30.0 Å². The summed E-state index contributed by atoms with van der Waals surface area (Å²) in [6.45, 7) is 9.32. The smallest absolute Gasteiger partial charge is 0.282 e. The normalized spacial score (nSPS) is 13.3. The van der Waals surface area contributed by atoms with Crippen molar-refractivity contribution in [1.29, 1.82) is 0 Å². The molecule has 0 saturated heterocycles. The molecule has 7 nitrogen and oxygen atoms in total. The Labute approximate surface area is 185 Å². The Bertz CT molecular complexity index is 1160. The lowest BCUT2D eigenvalue weighted by molar-refractivity contribution is 0.0972. The molecule has 2 aromatic heterocycles. The molecule has 0 radical (unpaired) electrons. The first-order valence-corrected chi connectivity index (χ1v) is 11.0. The highest BCUT2D eigenvalue weighted by atomic mass is 32.1. The van der Waals surface area contributed by atoms with Gasteiger partial charge in [0.15, 0.2) is 16.6 Å². The molecule has 1 fully saturated rings. The van der Waals surface area contributed by atoms with Crippen molar-refractivity contribution in [3.63, 3.8) is 0 Å². The minimum atomic E-state index is -0.276. The summed E-state index contributed by atoms with van der Waals surface area (Å²) in [5, 5.41) is 4.57. The summed E-state index contributed by atoms with van der Waals surface area (Å²) in [6, 6.07) is 5.94. The number of ketones is 1. The third-order valence-corrected chi connectivity index (χ3v) is 6.75. The number of Topliss-reactive ketones (excluding diaryl/α,β-unsaturated/α-hetero) is 1. The quantitative estimate of drug-likeness (QED) is 0.484. The van der Waals surface area contributed by atoms with Crippen molar-refractivity contribution in [2.24, 2.45) is 0 Å². The molecule has 8 heteroatoms. The van der Waals surface area contributed by atoms with Crippen LogP contribution < -0.4 is 9.64 Å². The van der Waals surface area contributed by atoms with Crippen molar-refractivity contribution in [1.82, 2.24) is 10.1 Å². The zero-order chi connectivity index (χ0) is 22.3. The van der Waals surface area contributed by atoms with Crippen LogP contribution in [0.25, 0.3) is 0 Å². The summed E-state index contributed by atoms with van der Waals surface area (Å²) in [6.07, 6.45) is 1.79. The van der Waals surface area contributed by atoms with Gasteiger partial charge in [0.05, 0.1) is 16.1 Å². The molecule has 3 aromatic rings. The summed E-state index contributed by atoms with van der Waals surface area (Å²) in [7, 11) is 0. The van der Waals surface area contributed by atoms with E-state index in [1.54, 1.807) is 18.7 Å². The number of carbonyl (C=O) groups excluding carboxylic acids is 2. The molecule has 1 saturated carbocycles. The second-order valence-corrected chi connectivity index (χ2v) is 8.95. The lowest BCUT2D eigenvalue weighted by Crippen LogP contribution is -2.34. The Morgan fingerprint density at radius 3 is 2.55 bits per heavy atom. The van der Waals surface area contributed by atoms with Gasteiger partial charge >= 0.3 is 0 Å². The molecule has 0 N–H and O–H groups in total. The van der Waals surface area contributed by atoms with Crippen LogP contribution in [0.5, 0.6) is 5.75 Å². The molecule has 1 amide bonds. The number of benzene rings is 1. The fraction of sp³-hybridized carbons (Fsp3) is 0.391. The Balaban J connectivity index is 1.61. The molecule has 4 rings (SSSR count). The van der Waals surface area contributed by atoms with Gasteiger partial charge < -0.3 is 9.26 Å². The van der Waals surface area contributed by atoms with Crippen LogP contribution in [-0.2, 0) is 6.61 Å². The standard InChI is InChI=1S/C23H25N3O4S/c1-12-6-9-18(10-13(12)2)29-11-19-16(5)30-25-20(19)22(28)26(17-7-8-17)23-24-14(3)21(31-23)15(4)27/h6,9-10,17H,7-8,11H2,1-5H3. The van der Waals surface area contributed by atoms with Gasteiger partial charge in [0, 0.05) is 13.0 Å². The van der Waals surface area contributed by atoms with E-state index in [1.807, 2.05) is 32.0 Å². The van der Waals surface area contributed by atoms with Gasteiger partial charge in [0.25, 0.3) is 5.91 Å². The largest absolute Gasteiger partial charge is 0.489 e. The Morgan fingerprint density at radius 1 is 1.19 bits per heavy atom. The van der Waals surface area contributed by atoms with Crippen molar-refractivity contribution in [2.45, 2.75) is 60.1 Å². The number of rotatable bonds is 7. The van der Waals surface area contributed by atoms with E-state index in [1.165, 1.54) is 23.8 Å². The van der Waals surface area contributed by atoms with E-state index in [9.17, 15) is 9.59 Å². The molecule has 0 bridgehead atoms.